The van der Waals surface area contributed by atoms with Gasteiger partial charge in [0.15, 0.2) is 17.2 Å². The Morgan fingerprint density at radius 3 is 2.65 bits per heavy atom. The molecule has 5 rings (SSSR count). The van der Waals surface area contributed by atoms with Crippen molar-refractivity contribution in [2.75, 3.05) is 6.54 Å². The molecule has 0 saturated carbocycles. The zero-order valence-corrected chi connectivity index (χ0v) is 17.1. The lowest BCUT2D eigenvalue weighted by Gasteiger charge is -2.22. The molecule has 4 aromatic rings. The second kappa shape index (κ2) is 7.78. The number of likely N-dealkylation sites (tertiary alicyclic amines) is 1. The number of benzene rings is 3. The van der Waals surface area contributed by atoms with Crippen molar-refractivity contribution in [3.8, 4) is 11.1 Å². The number of nitrogens with zero attached hydrogens (tertiary/aromatic N) is 2. The van der Waals surface area contributed by atoms with Crippen LogP contribution < -0.4 is 0 Å². The van der Waals surface area contributed by atoms with E-state index in [1.54, 1.807) is 47.4 Å². The van der Waals surface area contributed by atoms with Crippen LogP contribution >= 0.6 is 11.6 Å². The molecule has 3 aromatic carbocycles. The summed E-state index contributed by atoms with van der Waals surface area (Å²) >= 11 is 6.04. The number of carbonyl (C=O) groups is 1. The van der Waals surface area contributed by atoms with Gasteiger partial charge in [-0.05, 0) is 66.4 Å². The van der Waals surface area contributed by atoms with E-state index in [1.807, 2.05) is 0 Å². The average molecular weight is 439 g/mol. The molecule has 1 unspecified atom stereocenters. The summed E-state index contributed by atoms with van der Waals surface area (Å²) in [5.41, 5.74) is 2.94. The standard InChI is InChI=1S/C24H17ClF2N2O2/c25-17-4-1-3-16(11-17)24(30)29-10-2-5-21(29)23-28-20-13-15(7-9-22(20)31-23)14-6-8-18(26)19(27)12-14/h1,3-4,6-9,11-13,21H,2,5,10H2. The van der Waals surface area contributed by atoms with Crippen LogP contribution in [0.25, 0.3) is 22.2 Å². The van der Waals surface area contributed by atoms with Crippen molar-refractivity contribution < 1.29 is 18.0 Å². The number of fused-ring (bicyclic) bond motifs is 1. The third-order valence-electron chi connectivity index (χ3n) is 5.53. The van der Waals surface area contributed by atoms with Crippen LogP contribution in [-0.2, 0) is 0 Å². The predicted octanol–water partition coefficient (Wildman–Crippen LogP) is 6.40. The van der Waals surface area contributed by atoms with E-state index in [2.05, 4.69) is 4.98 Å². The molecule has 4 nitrogen and oxygen atoms in total. The minimum Gasteiger partial charge on any atom is -0.438 e. The quantitative estimate of drug-likeness (QED) is 0.371. The summed E-state index contributed by atoms with van der Waals surface area (Å²) < 4.78 is 32.8. The molecule has 1 aromatic heterocycles. The number of carbonyl (C=O) groups excluding carboxylic acids is 1. The van der Waals surface area contributed by atoms with Gasteiger partial charge in [-0.2, -0.15) is 0 Å². The van der Waals surface area contributed by atoms with E-state index < -0.39 is 11.6 Å². The molecule has 1 aliphatic rings. The Labute approximate surface area is 182 Å². The van der Waals surface area contributed by atoms with Crippen molar-refractivity contribution >= 4 is 28.6 Å². The van der Waals surface area contributed by atoms with Gasteiger partial charge in [0, 0.05) is 17.1 Å². The lowest BCUT2D eigenvalue weighted by molar-refractivity contribution is 0.0717. The van der Waals surface area contributed by atoms with Gasteiger partial charge in [0.05, 0.1) is 0 Å². The molecular formula is C24H17ClF2N2O2. The highest BCUT2D eigenvalue weighted by atomic mass is 35.5. The van der Waals surface area contributed by atoms with E-state index in [9.17, 15) is 13.6 Å². The first-order chi connectivity index (χ1) is 15.0. The maximum atomic E-state index is 13.6. The lowest BCUT2D eigenvalue weighted by atomic mass is 10.1. The van der Waals surface area contributed by atoms with Crippen LogP contribution in [0.5, 0.6) is 0 Å². The first kappa shape index (κ1) is 19.7. The fourth-order valence-electron chi connectivity index (χ4n) is 4.00. The average Bonchev–Trinajstić information content (AvgIpc) is 3.41. The molecule has 2 heterocycles. The van der Waals surface area contributed by atoms with E-state index in [-0.39, 0.29) is 11.9 Å². The lowest BCUT2D eigenvalue weighted by Crippen LogP contribution is -2.30. The summed E-state index contributed by atoms with van der Waals surface area (Å²) in [5.74, 6) is -1.45. The monoisotopic (exact) mass is 438 g/mol. The molecular weight excluding hydrogens is 422 g/mol. The van der Waals surface area contributed by atoms with Crippen molar-refractivity contribution in [1.29, 1.82) is 0 Å². The van der Waals surface area contributed by atoms with Gasteiger partial charge in [-0.3, -0.25) is 4.79 Å². The highest BCUT2D eigenvalue weighted by molar-refractivity contribution is 6.30. The van der Waals surface area contributed by atoms with Crippen LogP contribution in [0.2, 0.25) is 5.02 Å². The fourth-order valence-corrected chi connectivity index (χ4v) is 4.19. The van der Waals surface area contributed by atoms with Gasteiger partial charge in [-0.25, -0.2) is 13.8 Å². The van der Waals surface area contributed by atoms with Gasteiger partial charge in [0.1, 0.15) is 11.6 Å². The smallest absolute Gasteiger partial charge is 0.254 e. The molecule has 156 valence electrons. The fraction of sp³-hybridized carbons (Fsp3) is 0.167. The molecule has 7 heteroatoms. The maximum Gasteiger partial charge on any atom is 0.254 e. The highest BCUT2D eigenvalue weighted by Crippen LogP contribution is 2.35. The van der Waals surface area contributed by atoms with E-state index >= 15 is 0 Å². The van der Waals surface area contributed by atoms with Gasteiger partial charge < -0.3 is 9.32 Å². The van der Waals surface area contributed by atoms with Crippen LogP contribution in [0.4, 0.5) is 8.78 Å². The minimum atomic E-state index is -0.903. The van der Waals surface area contributed by atoms with Crippen LogP contribution in [0, 0.1) is 11.6 Å². The van der Waals surface area contributed by atoms with Gasteiger partial charge in [0.2, 0.25) is 5.89 Å². The Hall–Kier alpha value is -3.25. The Bertz CT molecular complexity index is 1300. The van der Waals surface area contributed by atoms with Gasteiger partial charge in [-0.1, -0.05) is 29.8 Å². The zero-order chi connectivity index (χ0) is 21.5. The molecule has 1 saturated heterocycles. The summed E-state index contributed by atoms with van der Waals surface area (Å²) in [5, 5.41) is 0.508. The summed E-state index contributed by atoms with van der Waals surface area (Å²) in [7, 11) is 0. The van der Waals surface area contributed by atoms with E-state index in [0.717, 1.165) is 25.0 Å². The molecule has 0 spiro atoms. The Morgan fingerprint density at radius 2 is 1.84 bits per heavy atom. The third kappa shape index (κ3) is 3.68. The van der Waals surface area contributed by atoms with Crippen LogP contribution in [-0.4, -0.2) is 22.3 Å². The van der Waals surface area contributed by atoms with Crippen molar-refractivity contribution in [2.24, 2.45) is 0 Å². The Balaban J connectivity index is 1.47. The largest absolute Gasteiger partial charge is 0.438 e. The van der Waals surface area contributed by atoms with E-state index in [1.165, 1.54) is 6.07 Å². The number of hydrogen-bond acceptors (Lipinski definition) is 3. The molecule has 1 amide bonds. The SMILES string of the molecule is O=C(c1cccc(Cl)c1)N1CCCC1c1nc2cc(-c3ccc(F)c(F)c3)ccc2o1. The topological polar surface area (TPSA) is 46.3 Å². The summed E-state index contributed by atoms with van der Waals surface area (Å²) in [4.78, 5) is 19.4. The number of oxazole rings is 1. The molecule has 0 aliphatic carbocycles. The molecule has 0 bridgehead atoms. The summed E-state index contributed by atoms with van der Waals surface area (Å²) in [6.07, 6.45) is 1.59. The predicted molar refractivity (Wildman–Crippen MR) is 114 cm³/mol. The number of aromatic nitrogens is 1. The van der Waals surface area contributed by atoms with Crippen LogP contribution in [0.1, 0.15) is 35.1 Å². The Kier molecular flexibility index (Phi) is 4.94. The van der Waals surface area contributed by atoms with Gasteiger partial charge >= 0.3 is 0 Å². The van der Waals surface area contributed by atoms with Crippen molar-refractivity contribution in [3.63, 3.8) is 0 Å². The third-order valence-corrected chi connectivity index (χ3v) is 5.76. The normalized spacial score (nSPS) is 16.2. The van der Waals surface area contributed by atoms with Crippen molar-refractivity contribution in [3.05, 3.63) is 88.8 Å². The first-order valence-corrected chi connectivity index (χ1v) is 10.3. The first-order valence-electron chi connectivity index (χ1n) is 9.92. The number of hydrogen-bond donors (Lipinski definition) is 0. The summed E-state index contributed by atoms with van der Waals surface area (Å²) in [6, 6.07) is 15.7. The number of rotatable bonds is 3. The van der Waals surface area contributed by atoms with Crippen LogP contribution in [0.15, 0.2) is 65.1 Å². The molecule has 1 atom stereocenters. The zero-order valence-electron chi connectivity index (χ0n) is 16.3. The molecule has 1 aliphatic heterocycles. The number of amides is 1. The Morgan fingerprint density at radius 1 is 1.03 bits per heavy atom. The van der Waals surface area contributed by atoms with E-state index in [0.29, 0.717) is 45.2 Å². The molecule has 0 radical (unpaired) electrons. The highest BCUT2D eigenvalue weighted by Gasteiger charge is 2.34. The second-order valence-corrected chi connectivity index (χ2v) is 7.97. The molecule has 1 fully saturated rings. The second-order valence-electron chi connectivity index (χ2n) is 7.53. The molecule has 31 heavy (non-hydrogen) atoms. The maximum absolute atomic E-state index is 13.6. The van der Waals surface area contributed by atoms with Crippen LogP contribution in [0.3, 0.4) is 0 Å². The van der Waals surface area contributed by atoms with Crippen molar-refractivity contribution in [1.82, 2.24) is 9.88 Å². The van der Waals surface area contributed by atoms with Gasteiger partial charge in [0.25, 0.3) is 5.91 Å². The minimum absolute atomic E-state index is 0.116. The summed E-state index contributed by atoms with van der Waals surface area (Å²) in [6.45, 7) is 0.606. The van der Waals surface area contributed by atoms with Crippen molar-refractivity contribution in [2.45, 2.75) is 18.9 Å². The van der Waals surface area contributed by atoms with E-state index in [4.69, 9.17) is 16.0 Å². The van der Waals surface area contributed by atoms with Gasteiger partial charge in [-0.15, -0.1) is 0 Å². The number of halogens is 3. The molecule has 0 N–H and O–H groups in total.